The molecule has 8 heteroatoms. The fourth-order valence-corrected chi connectivity index (χ4v) is 2.42. The number of rotatable bonds is 4. The van der Waals surface area contributed by atoms with Crippen LogP contribution in [0.15, 0.2) is 65.1 Å². The van der Waals surface area contributed by atoms with Gasteiger partial charge in [0.1, 0.15) is 0 Å². The van der Waals surface area contributed by atoms with E-state index in [4.69, 9.17) is 10.2 Å². The Morgan fingerprint density at radius 1 is 1.22 bits per heavy atom. The van der Waals surface area contributed by atoms with Gasteiger partial charge in [-0.1, -0.05) is 24.3 Å². The predicted octanol–water partition coefficient (Wildman–Crippen LogP) is 3.67. The van der Waals surface area contributed by atoms with E-state index in [2.05, 4.69) is 21.4 Å². The molecule has 3 heterocycles. The maximum Gasteiger partial charge on any atom is 2.00 e. The van der Waals surface area contributed by atoms with Crippen LogP contribution < -0.4 is 4.98 Å². The van der Waals surface area contributed by atoms with Crippen LogP contribution >= 0.6 is 0 Å². The van der Waals surface area contributed by atoms with Crippen molar-refractivity contribution < 1.29 is 44.4 Å². The summed E-state index contributed by atoms with van der Waals surface area (Å²) in [4.78, 5) is 8.73. The average Bonchev–Trinajstić information content (AvgIpc) is 3.22. The molecule has 0 aromatic carbocycles. The summed E-state index contributed by atoms with van der Waals surface area (Å²) in [5.41, 5.74) is 4.13. The van der Waals surface area contributed by atoms with Crippen molar-refractivity contribution >= 4 is 11.8 Å². The molecular weight excluding hydrogens is 443 g/mol. The van der Waals surface area contributed by atoms with Gasteiger partial charge < -0.3 is 26.7 Å². The van der Waals surface area contributed by atoms with Crippen LogP contribution in [0.2, 0.25) is 0 Å². The fourth-order valence-electron chi connectivity index (χ4n) is 2.42. The summed E-state index contributed by atoms with van der Waals surface area (Å²) in [5, 5.41) is 21.3. The molecule has 0 amide bonds. The van der Waals surface area contributed by atoms with Crippen molar-refractivity contribution in [1.82, 2.24) is 4.98 Å². The van der Waals surface area contributed by atoms with Crippen LogP contribution in [0, 0.1) is 0 Å². The van der Waals surface area contributed by atoms with Gasteiger partial charge in [-0.25, -0.2) is 0 Å². The van der Waals surface area contributed by atoms with Crippen molar-refractivity contribution in [1.29, 1.82) is 0 Å². The van der Waals surface area contributed by atoms with Gasteiger partial charge in [0, 0.05) is 6.21 Å². The smallest absolute Gasteiger partial charge is 0.693 e. The normalized spacial score (nSPS) is 17.7. The van der Waals surface area contributed by atoms with E-state index in [1.165, 1.54) is 0 Å². The van der Waals surface area contributed by atoms with E-state index < -0.39 is 0 Å². The van der Waals surface area contributed by atoms with E-state index in [0.29, 0.717) is 6.42 Å². The molecule has 1 aromatic heterocycles. The first-order chi connectivity index (χ1) is 11.6. The van der Waals surface area contributed by atoms with Gasteiger partial charge in [-0.15, -0.1) is 12.2 Å². The molecule has 27 heavy (non-hydrogen) atoms. The zero-order chi connectivity index (χ0) is 17.4. The quantitative estimate of drug-likeness (QED) is 0.657. The van der Waals surface area contributed by atoms with E-state index in [1.54, 1.807) is 26.3 Å². The molecule has 2 atom stereocenters. The van der Waals surface area contributed by atoms with Crippen molar-refractivity contribution in [3.05, 3.63) is 77.3 Å². The minimum absolute atomic E-state index is 0. The van der Waals surface area contributed by atoms with Crippen LogP contribution in [0.5, 0.6) is 0 Å². The second-order valence-electron chi connectivity index (χ2n) is 5.69. The molecule has 1 radical (unpaired) electrons. The fraction of sp³-hybridized carbons (Fsp3) is 0.316. The van der Waals surface area contributed by atoms with Crippen LogP contribution in [0.25, 0.3) is 17.0 Å². The van der Waals surface area contributed by atoms with Gasteiger partial charge in [0.15, 0.2) is 0 Å². The Labute approximate surface area is 182 Å². The molecule has 0 aliphatic carbocycles. The summed E-state index contributed by atoms with van der Waals surface area (Å²) in [5.74, 6) is 0. The summed E-state index contributed by atoms with van der Waals surface area (Å²) in [6.07, 6.45) is 13.2. The minimum atomic E-state index is -0.375. The van der Waals surface area contributed by atoms with Gasteiger partial charge in [0.25, 0.3) is 0 Å². The van der Waals surface area contributed by atoms with Gasteiger partial charge >= 0.3 is 34.1 Å². The second-order valence-corrected chi connectivity index (χ2v) is 5.69. The van der Waals surface area contributed by atoms with E-state index in [-0.39, 0.29) is 52.5 Å². The van der Waals surface area contributed by atoms with Crippen LogP contribution in [0.3, 0.4) is 0 Å². The zero-order valence-electron chi connectivity index (χ0n) is 15.2. The van der Waals surface area contributed by atoms with Gasteiger partial charge in [-0.2, -0.15) is 12.4 Å². The van der Waals surface area contributed by atoms with Crippen LogP contribution in [-0.4, -0.2) is 35.2 Å². The SMILES string of the molecule is C1=CC(=C(C2=CC[N-]C=C2)c2ccc[n-]2)N=C1.CC(O)CC(C)O.[Cu+2].[Cu+].[NH2-]. The predicted molar refractivity (Wildman–Crippen MR) is 103 cm³/mol. The number of hydrogen-bond acceptors (Lipinski definition) is 3. The van der Waals surface area contributed by atoms with E-state index in [0.717, 1.165) is 29.1 Å². The van der Waals surface area contributed by atoms with E-state index >= 15 is 0 Å². The van der Waals surface area contributed by atoms with Crippen molar-refractivity contribution in [2.24, 2.45) is 4.99 Å². The number of aromatic nitrogens is 1. The summed E-state index contributed by atoms with van der Waals surface area (Å²) < 4.78 is 0. The first-order valence-corrected chi connectivity index (χ1v) is 8.01. The Bertz CT molecular complexity index is 656. The van der Waals surface area contributed by atoms with Gasteiger partial charge in [-0.3, -0.25) is 4.99 Å². The minimum Gasteiger partial charge on any atom is -0.693 e. The summed E-state index contributed by atoms with van der Waals surface area (Å²) in [6, 6.07) is 3.94. The van der Waals surface area contributed by atoms with Crippen molar-refractivity contribution in [3.63, 3.8) is 0 Å². The monoisotopic (exact) mass is 467 g/mol. The molecule has 2 unspecified atom stereocenters. The standard InChI is InChI=1S/C14H11N3.C5H12O2.2Cu.H2N/c1-3-12(16-7-1)14(13-4-2-8-17-13)11-5-9-15-10-6-11;1-4(6)3-5(2)7;;;/h1-9H,10H2;4-7H,3H2,1-2H3;;;1H2/q-2;;+1;+2;-1. The Morgan fingerprint density at radius 2 is 1.93 bits per heavy atom. The number of nitrogens with two attached hydrogens (primary N) is 1. The Hall–Kier alpha value is -1.37. The van der Waals surface area contributed by atoms with Crippen molar-refractivity contribution in [2.45, 2.75) is 32.5 Å². The number of allylic oxidation sites excluding steroid dienone is 5. The van der Waals surface area contributed by atoms with Gasteiger partial charge in [-0.05, 0) is 43.6 Å². The third kappa shape index (κ3) is 9.40. The second kappa shape index (κ2) is 14.7. The van der Waals surface area contributed by atoms with Gasteiger partial charge in [0.2, 0.25) is 0 Å². The molecule has 0 saturated carbocycles. The molecular formula is C19H25Cu2N4O2. The Kier molecular flexibility index (Phi) is 15.1. The number of aliphatic hydroxyl groups is 2. The summed E-state index contributed by atoms with van der Waals surface area (Å²) in [6.45, 7) is 4.04. The van der Waals surface area contributed by atoms with Crippen LogP contribution in [0.4, 0.5) is 0 Å². The van der Waals surface area contributed by atoms with Crippen molar-refractivity contribution in [3.8, 4) is 0 Å². The molecule has 1 aromatic rings. The molecule has 0 bridgehead atoms. The maximum atomic E-state index is 8.56. The zero-order valence-corrected chi connectivity index (χ0v) is 17.1. The van der Waals surface area contributed by atoms with Crippen LogP contribution in [-0.2, 0) is 34.1 Å². The summed E-state index contributed by atoms with van der Waals surface area (Å²) in [7, 11) is 0. The molecule has 3 rings (SSSR count). The Morgan fingerprint density at radius 3 is 2.33 bits per heavy atom. The maximum absolute atomic E-state index is 8.56. The molecule has 6 nitrogen and oxygen atoms in total. The largest absolute Gasteiger partial charge is 2.00 e. The molecule has 0 saturated heterocycles. The van der Waals surface area contributed by atoms with Gasteiger partial charge in [0.05, 0.1) is 17.9 Å². The third-order valence-corrected chi connectivity index (χ3v) is 3.37. The molecule has 2 aliphatic heterocycles. The number of nitrogens with zero attached hydrogens (tertiary/aromatic N) is 3. The Balaban J connectivity index is 0. The molecule has 4 N–H and O–H groups in total. The topological polar surface area (TPSA) is 115 Å². The number of aliphatic imine (C=N–C) groups is 1. The first-order valence-electron chi connectivity index (χ1n) is 8.01. The average molecular weight is 469 g/mol. The molecule has 2 aliphatic rings. The van der Waals surface area contributed by atoms with E-state index in [9.17, 15) is 0 Å². The molecule has 155 valence electrons. The van der Waals surface area contributed by atoms with Crippen LogP contribution in [0.1, 0.15) is 26.0 Å². The van der Waals surface area contributed by atoms with E-state index in [1.807, 2.05) is 36.6 Å². The summed E-state index contributed by atoms with van der Waals surface area (Å²) >= 11 is 0. The number of aliphatic hydroxyl groups excluding tert-OH is 2. The third-order valence-electron chi connectivity index (χ3n) is 3.37. The molecule has 0 fully saturated rings. The number of hydrogen-bond donors (Lipinski definition) is 2. The molecule has 0 spiro atoms. The first kappa shape index (κ1) is 27.8. The van der Waals surface area contributed by atoms with Crippen molar-refractivity contribution in [2.75, 3.05) is 6.54 Å².